The van der Waals surface area contributed by atoms with Gasteiger partial charge < -0.3 is 4.98 Å². The van der Waals surface area contributed by atoms with Gasteiger partial charge in [-0.05, 0) is 18.2 Å². The molecular formula is C9H15NS2. The summed E-state index contributed by atoms with van der Waals surface area (Å²) in [5, 5.41) is 0.997. The van der Waals surface area contributed by atoms with E-state index in [-0.39, 0.29) is 0 Å². The molecule has 0 saturated heterocycles. The number of aromatic nitrogens is 1. The normalized spacial score (nSPS) is 10.5. The molecule has 0 amide bonds. The Bertz CT molecular complexity index is 220. The topological polar surface area (TPSA) is 15.8 Å². The van der Waals surface area contributed by atoms with Gasteiger partial charge in [-0.15, -0.1) is 24.4 Å². The summed E-state index contributed by atoms with van der Waals surface area (Å²) in [5.41, 5.74) is 0. The summed E-state index contributed by atoms with van der Waals surface area (Å²) < 4.78 is 0. The second kappa shape index (κ2) is 5.60. The van der Waals surface area contributed by atoms with Crippen molar-refractivity contribution in [2.24, 2.45) is 0 Å². The average Bonchev–Trinajstić information content (AvgIpc) is 2.46. The third kappa shape index (κ3) is 3.15. The van der Waals surface area contributed by atoms with Crippen molar-refractivity contribution in [1.29, 1.82) is 0 Å². The molecule has 0 radical (unpaired) electrons. The fraction of sp³-hybridized carbons (Fsp3) is 0.556. The molecule has 1 aromatic heterocycles. The zero-order chi connectivity index (χ0) is 8.81. The van der Waals surface area contributed by atoms with Crippen molar-refractivity contribution >= 4 is 24.4 Å². The molecule has 68 valence electrons. The van der Waals surface area contributed by atoms with Crippen LogP contribution in [0.25, 0.3) is 0 Å². The lowest BCUT2D eigenvalue weighted by atomic mass is 10.3. The van der Waals surface area contributed by atoms with Crippen molar-refractivity contribution in [2.45, 2.75) is 36.1 Å². The number of aromatic amines is 1. The van der Waals surface area contributed by atoms with Crippen LogP contribution in [0, 0.1) is 0 Å². The van der Waals surface area contributed by atoms with Gasteiger partial charge in [0.15, 0.2) is 0 Å². The Balaban J connectivity index is 2.20. The maximum absolute atomic E-state index is 4.30. The summed E-state index contributed by atoms with van der Waals surface area (Å²) in [7, 11) is 0. The van der Waals surface area contributed by atoms with Crippen molar-refractivity contribution in [1.82, 2.24) is 4.98 Å². The van der Waals surface area contributed by atoms with Crippen molar-refractivity contribution < 1.29 is 0 Å². The first-order chi connectivity index (χ1) is 5.84. The maximum Gasteiger partial charge on any atom is 0.0829 e. The van der Waals surface area contributed by atoms with Gasteiger partial charge in [0.1, 0.15) is 0 Å². The summed E-state index contributed by atoms with van der Waals surface area (Å²) in [6.07, 6.45) is 5.87. The molecule has 0 aromatic carbocycles. The summed E-state index contributed by atoms with van der Waals surface area (Å²) >= 11 is 6.18. The van der Waals surface area contributed by atoms with Crippen LogP contribution in [0.5, 0.6) is 0 Å². The number of nitrogens with one attached hydrogen (secondary N) is 1. The number of H-pyrrole nitrogens is 1. The molecule has 0 spiro atoms. The van der Waals surface area contributed by atoms with E-state index in [1.807, 2.05) is 18.0 Å². The molecule has 0 unspecified atom stereocenters. The molecule has 1 N–H and O–H groups in total. The zero-order valence-electron chi connectivity index (χ0n) is 7.34. The fourth-order valence-electron chi connectivity index (χ4n) is 0.997. The molecular weight excluding hydrogens is 186 g/mol. The Morgan fingerprint density at radius 1 is 1.50 bits per heavy atom. The van der Waals surface area contributed by atoms with Crippen molar-refractivity contribution in [3.05, 3.63) is 12.3 Å². The minimum absolute atomic E-state index is 0.997. The molecule has 1 aromatic rings. The third-order valence-corrected chi connectivity index (χ3v) is 3.36. The van der Waals surface area contributed by atoms with Crippen LogP contribution >= 0.6 is 24.4 Å². The van der Waals surface area contributed by atoms with Gasteiger partial charge in [-0.1, -0.05) is 19.8 Å². The number of thiol groups is 1. The van der Waals surface area contributed by atoms with Gasteiger partial charge in [-0.2, -0.15) is 0 Å². The summed E-state index contributed by atoms with van der Waals surface area (Å²) in [6.45, 7) is 2.23. The largest absolute Gasteiger partial charge is 0.356 e. The van der Waals surface area contributed by atoms with Gasteiger partial charge in [0.2, 0.25) is 0 Å². The van der Waals surface area contributed by atoms with Crippen LogP contribution < -0.4 is 0 Å². The van der Waals surface area contributed by atoms with E-state index < -0.39 is 0 Å². The van der Waals surface area contributed by atoms with E-state index in [2.05, 4.69) is 30.6 Å². The Kier molecular flexibility index (Phi) is 4.69. The van der Waals surface area contributed by atoms with Gasteiger partial charge in [-0.25, -0.2) is 0 Å². The van der Waals surface area contributed by atoms with Gasteiger partial charge in [0.05, 0.1) is 5.03 Å². The van der Waals surface area contributed by atoms with Gasteiger partial charge in [0, 0.05) is 11.1 Å². The standard InChI is InChI=1S/C9H15NS2/c1-2-3-4-7-12-8-5-6-10-9(8)11/h5-6,10-11H,2-4,7H2,1H3. The minimum Gasteiger partial charge on any atom is -0.356 e. The van der Waals surface area contributed by atoms with Crippen LogP contribution in [-0.4, -0.2) is 10.7 Å². The van der Waals surface area contributed by atoms with Gasteiger partial charge >= 0.3 is 0 Å². The molecule has 0 atom stereocenters. The Labute approximate surface area is 83.7 Å². The molecule has 1 rings (SSSR count). The minimum atomic E-state index is 0.997. The second-order valence-corrected chi connectivity index (χ2v) is 4.33. The number of rotatable bonds is 5. The lowest BCUT2D eigenvalue weighted by Crippen LogP contribution is -1.79. The molecule has 0 bridgehead atoms. The quantitative estimate of drug-likeness (QED) is 0.422. The van der Waals surface area contributed by atoms with E-state index in [9.17, 15) is 0 Å². The van der Waals surface area contributed by atoms with Gasteiger partial charge in [-0.3, -0.25) is 0 Å². The average molecular weight is 201 g/mol. The summed E-state index contributed by atoms with van der Waals surface area (Å²) in [5.74, 6) is 1.21. The molecule has 0 saturated carbocycles. The number of unbranched alkanes of at least 4 members (excludes halogenated alkanes) is 2. The highest BCUT2D eigenvalue weighted by atomic mass is 32.2. The highest BCUT2D eigenvalue weighted by Crippen LogP contribution is 2.25. The van der Waals surface area contributed by atoms with Gasteiger partial charge in [0.25, 0.3) is 0 Å². The first-order valence-corrected chi connectivity index (χ1v) is 5.77. The maximum atomic E-state index is 4.30. The predicted molar refractivity (Wildman–Crippen MR) is 58.3 cm³/mol. The predicted octanol–water partition coefficient (Wildman–Crippen LogP) is 3.59. The van der Waals surface area contributed by atoms with E-state index >= 15 is 0 Å². The first kappa shape index (κ1) is 10.1. The van der Waals surface area contributed by atoms with Crippen molar-refractivity contribution in [3.8, 4) is 0 Å². The zero-order valence-corrected chi connectivity index (χ0v) is 9.05. The summed E-state index contributed by atoms with van der Waals surface area (Å²) in [4.78, 5) is 4.33. The Morgan fingerprint density at radius 2 is 2.33 bits per heavy atom. The Hall–Kier alpha value is -0.0200. The van der Waals surface area contributed by atoms with Crippen LogP contribution in [0.2, 0.25) is 0 Å². The van der Waals surface area contributed by atoms with Crippen LogP contribution in [0.15, 0.2) is 22.2 Å². The van der Waals surface area contributed by atoms with Crippen LogP contribution in [0.1, 0.15) is 26.2 Å². The van der Waals surface area contributed by atoms with Crippen molar-refractivity contribution in [2.75, 3.05) is 5.75 Å². The lowest BCUT2D eigenvalue weighted by Gasteiger charge is -1.98. The highest BCUT2D eigenvalue weighted by molar-refractivity contribution is 7.99. The Morgan fingerprint density at radius 3 is 2.92 bits per heavy atom. The smallest absolute Gasteiger partial charge is 0.0829 e. The highest BCUT2D eigenvalue weighted by Gasteiger charge is 1.98. The van der Waals surface area contributed by atoms with Crippen LogP contribution in [-0.2, 0) is 0 Å². The third-order valence-electron chi connectivity index (χ3n) is 1.69. The molecule has 12 heavy (non-hydrogen) atoms. The molecule has 0 aliphatic rings. The fourth-order valence-corrected chi connectivity index (χ4v) is 2.27. The molecule has 0 fully saturated rings. The molecule has 0 aliphatic heterocycles. The molecule has 0 aliphatic carbocycles. The SMILES string of the molecule is CCCCCSc1cc[nH]c1S. The van der Waals surface area contributed by atoms with E-state index in [1.54, 1.807) is 0 Å². The lowest BCUT2D eigenvalue weighted by molar-refractivity contribution is 0.778. The van der Waals surface area contributed by atoms with E-state index in [0.29, 0.717) is 0 Å². The van der Waals surface area contributed by atoms with E-state index in [4.69, 9.17) is 0 Å². The molecule has 1 heterocycles. The monoisotopic (exact) mass is 201 g/mol. The first-order valence-electron chi connectivity index (χ1n) is 4.33. The number of hydrogen-bond acceptors (Lipinski definition) is 2. The van der Waals surface area contributed by atoms with Crippen LogP contribution in [0.4, 0.5) is 0 Å². The second-order valence-electron chi connectivity index (χ2n) is 2.75. The number of thioether (sulfide) groups is 1. The summed E-state index contributed by atoms with van der Waals surface area (Å²) in [6, 6.07) is 2.08. The van der Waals surface area contributed by atoms with Crippen LogP contribution in [0.3, 0.4) is 0 Å². The number of hydrogen-bond donors (Lipinski definition) is 2. The van der Waals surface area contributed by atoms with Crippen molar-refractivity contribution in [3.63, 3.8) is 0 Å². The molecule has 1 nitrogen and oxygen atoms in total. The van der Waals surface area contributed by atoms with E-state index in [1.165, 1.54) is 29.9 Å². The molecule has 3 heteroatoms. The van der Waals surface area contributed by atoms with E-state index in [0.717, 1.165) is 5.03 Å².